The molecule has 0 amide bonds. The van der Waals surface area contributed by atoms with E-state index in [1.54, 1.807) is 12.1 Å². The van der Waals surface area contributed by atoms with Gasteiger partial charge in [0.2, 0.25) is 0 Å². The minimum absolute atomic E-state index is 0. The fourth-order valence-corrected chi connectivity index (χ4v) is 2.33. The van der Waals surface area contributed by atoms with Gasteiger partial charge in [-0.2, -0.15) is 0 Å². The molecular weight excluding hydrogens is 207 g/mol. The molecule has 0 unspecified atom stereocenters. The summed E-state index contributed by atoms with van der Waals surface area (Å²) in [5.74, 6) is 0.0882. The molecule has 2 heteroatoms. The predicted molar refractivity (Wildman–Crippen MR) is 63.0 cm³/mol. The van der Waals surface area contributed by atoms with Gasteiger partial charge in [0.05, 0.1) is 0 Å². The van der Waals surface area contributed by atoms with Crippen molar-refractivity contribution in [2.45, 2.75) is 46.5 Å². The van der Waals surface area contributed by atoms with Crippen LogP contribution in [0.1, 0.15) is 46.6 Å². The van der Waals surface area contributed by atoms with Gasteiger partial charge in [-0.15, -0.1) is 5.75 Å². The summed E-state index contributed by atoms with van der Waals surface area (Å²) in [4.78, 5) is 0. The maximum absolute atomic E-state index is 11.0. The average molecular weight is 228 g/mol. The summed E-state index contributed by atoms with van der Waals surface area (Å²) < 4.78 is 0. The summed E-state index contributed by atoms with van der Waals surface area (Å²) >= 11 is 0. The normalized spacial score (nSPS) is 12.1. The van der Waals surface area contributed by atoms with Crippen LogP contribution in [0.2, 0.25) is 0 Å². The van der Waals surface area contributed by atoms with Crippen LogP contribution in [0.25, 0.3) is 0 Å². The van der Waals surface area contributed by atoms with Gasteiger partial charge < -0.3 is 5.11 Å². The Kier molecular flexibility index (Phi) is 5.58. The van der Waals surface area contributed by atoms with Crippen LogP contribution < -0.4 is 34.7 Å². The van der Waals surface area contributed by atoms with Crippen molar-refractivity contribution in [1.29, 1.82) is 0 Å². The molecule has 1 nitrogen and oxygen atoms in total. The van der Waals surface area contributed by atoms with E-state index >= 15 is 0 Å². The molecule has 0 fully saturated rings. The Morgan fingerprint density at radius 3 is 1.75 bits per heavy atom. The van der Waals surface area contributed by atoms with Crippen molar-refractivity contribution in [3.8, 4) is 5.75 Å². The summed E-state index contributed by atoms with van der Waals surface area (Å²) in [6.07, 6.45) is 1.11. The van der Waals surface area contributed by atoms with Crippen LogP contribution in [0.4, 0.5) is 0 Å². The van der Waals surface area contributed by atoms with Gasteiger partial charge in [-0.05, 0) is 22.8 Å². The van der Waals surface area contributed by atoms with Crippen molar-refractivity contribution < 1.29 is 34.7 Å². The van der Waals surface area contributed by atoms with Gasteiger partial charge in [0.25, 0.3) is 0 Å². The summed E-state index contributed by atoms with van der Waals surface area (Å²) in [5.41, 5.74) is 1.68. The molecule has 0 aliphatic rings. The standard InChI is InChI=1S/C14H22O.Na/c1-13(2,3)10-14(4,5)11-6-8-12(15)9-7-11;/h6-9,15H,10H2,1-5H3;/q;+1/p-1. The molecule has 0 spiro atoms. The smallest absolute Gasteiger partial charge is 0.872 e. The molecule has 0 saturated heterocycles. The van der Waals surface area contributed by atoms with Gasteiger partial charge in [-0.25, -0.2) is 0 Å². The van der Waals surface area contributed by atoms with Gasteiger partial charge in [0, 0.05) is 0 Å². The Labute approximate surface area is 122 Å². The summed E-state index contributed by atoms with van der Waals surface area (Å²) in [6.45, 7) is 11.2. The molecule has 0 radical (unpaired) electrons. The monoisotopic (exact) mass is 228 g/mol. The van der Waals surface area contributed by atoms with E-state index in [0.717, 1.165) is 6.42 Å². The second-order valence-electron chi connectivity index (χ2n) is 6.15. The quantitative estimate of drug-likeness (QED) is 0.675. The van der Waals surface area contributed by atoms with Crippen LogP contribution in [-0.4, -0.2) is 0 Å². The molecule has 1 rings (SSSR count). The molecular formula is C14H21NaO. The summed E-state index contributed by atoms with van der Waals surface area (Å²) in [6, 6.07) is 7.21. The van der Waals surface area contributed by atoms with Crippen molar-refractivity contribution in [1.82, 2.24) is 0 Å². The molecule has 0 aliphatic carbocycles. The van der Waals surface area contributed by atoms with Gasteiger partial charge in [0.1, 0.15) is 0 Å². The van der Waals surface area contributed by atoms with Crippen molar-refractivity contribution in [2.75, 3.05) is 0 Å². The zero-order chi connectivity index (χ0) is 11.7. The Hall–Kier alpha value is 0.0200. The first-order valence-electron chi connectivity index (χ1n) is 5.48. The maximum Gasteiger partial charge on any atom is 1.00 e. The van der Waals surface area contributed by atoms with Crippen molar-refractivity contribution in [3.63, 3.8) is 0 Å². The summed E-state index contributed by atoms with van der Waals surface area (Å²) in [5, 5.41) is 11.0. The molecule has 0 aliphatic heterocycles. The first-order valence-corrected chi connectivity index (χ1v) is 5.48. The number of hydrogen-bond donors (Lipinski definition) is 0. The predicted octanol–water partition coefficient (Wildman–Crippen LogP) is 0.478. The van der Waals surface area contributed by atoms with Crippen LogP contribution in [0.15, 0.2) is 24.3 Å². The zero-order valence-corrected chi connectivity index (χ0v) is 13.4. The third-order valence-corrected chi connectivity index (χ3v) is 2.61. The Balaban J connectivity index is 0.00000225. The largest absolute Gasteiger partial charge is 1.00 e. The van der Waals surface area contributed by atoms with E-state index in [1.165, 1.54) is 5.56 Å². The summed E-state index contributed by atoms with van der Waals surface area (Å²) in [7, 11) is 0. The molecule has 84 valence electrons. The second kappa shape index (κ2) is 5.57. The van der Waals surface area contributed by atoms with Crippen LogP contribution >= 0.6 is 0 Å². The molecule has 0 bridgehead atoms. The van der Waals surface area contributed by atoms with E-state index < -0.39 is 0 Å². The minimum Gasteiger partial charge on any atom is -0.872 e. The maximum atomic E-state index is 11.0. The van der Waals surface area contributed by atoms with Crippen LogP contribution in [0.5, 0.6) is 5.75 Å². The van der Waals surface area contributed by atoms with Gasteiger partial charge in [-0.1, -0.05) is 58.9 Å². The van der Waals surface area contributed by atoms with Gasteiger partial charge >= 0.3 is 29.6 Å². The second-order valence-corrected chi connectivity index (χ2v) is 6.15. The average Bonchev–Trinajstić information content (AvgIpc) is 2.00. The van der Waals surface area contributed by atoms with Gasteiger partial charge in [-0.3, -0.25) is 0 Å². The fourth-order valence-electron chi connectivity index (χ4n) is 2.33. The molecule has 0 N–H and O–H groups in total. The topological polar surface area (TPSA) is 23.1 Å². The van der Waals surface area contributed by atoms with Crippen LogP contribution in [0, 0.1) is 5.41 Å². The van der Waals surface area contributed by atoms with E-state index in [1.807, 2.05) is 12.1 Å². The van der Waals surface area contributed by atoms with Crippen LogP contribution in [0.3, 0.4) is 0 Å². The molecule has 16 heavy (non-hydrogen) atoms. The number of rotatable bonds is 2. The Morgan fingerprint density at radius 1 is 0.938 bits per heavy atom. The van der Waals surface area contributed by atoms with Crippen molar-refractivity contribution in [2.24, 2.45) is 5.41 Å². The van der Waals surface area contributed by atoms with Crippen molar-refractivity contribution in [3.05, 3.63) is 29.8 Å². The van der Waals surface area contributed by atoms with E-state index in [-0.39, 0.29) is 40.7 Å². The molecule has 0 saturated carbocycles. The third kappa shape index (κ3) is 4.90. The Morgan fingerprint density at radius 2 is 1.38 bits per heavy atom. The van der Waals surface area contributed by atoms with E-state index in [9.17, 15) is 5.11 Å². The fraction of sp³-hybridized carbons (Fsp3) is 0.571. The first kappa shape index (κ1) is 16.0. The van der Waals surface area contributed by atoms with E-state index in [4.69, 9.17) is 0 Å². The molecule has 1 aromatic carbocycles. The molecule has 0 aromatic heterocycles. The van der Waals surface area contributed by atoms with Crippen molar-refractivity contribution >= 4 is 0 Å². The third-order valence-electron chi connectivity index (χ3n) is 2.61. The molecule has 0 heterocycles. The van der Waals surface area contributed by atoms with E-state index in [2.05, 4.69) is 34.6 Å². The van der Waals surface area contributed by atoms with Crippen LogP contribution in [-0.2, 0) is 5.41 Å². The van der Waals surface area contributed by atoms with E-state index in [0.29, 0.717) is 5.41 Å². The molecule has 1 aromatic rings. The minimum atomic E-state index is 0. The first-order chi connectivity index (χ1) is 6.71. The zero-order valence-electron chi connectivity index (χ0n) is 11.4. The number of benzene rings is 1. The Bertz CT molecular complexity index is 320. The van der Waals surface area contributed by atoms with Gasteiger partial charge in [0.15, 0.2) is 0 Å². The molecule has 0 atom stereocenters. The number of hydrogen-bond acceptors (Lipinski definition) is 1. The SMILES string of the molecule is CC(C)(C)CC(C)(C)c1ccc([O-])cc1.[Na+].